The first kappa shape index (κ1) is 20.1. The number of likely N-dealkylation sites (N-methyl/N-ethyl adjacent to an activating group) is 1. The number of urea groups is 1. The molecule has 2 aromatic rings. The molecule has 0 aliphatic carbocycles. The fourth-order valence-corrected chi connectivity index (χ4v) is 4.44. The van der Waals surface area contributed by atoms with E-state index in [4.69, 9.17) is 9.73 Å². The number of carbonyl (C=O) groups is 2. The Morgan fingerprint density at radius 3 is 2.44 bits per heavy atom. The molecule has 1 saturated heterocycles. The van der Waals surface area contributed by atoms with Crippen molar-refractivity contribution in [3.63, 3.8) is 0 Å². The number of ether oxygens (including phenoxy) is 1. The number of rotatable bonds is 5. The lowest BCUT2D eigenvalue weighted by atomic mass is 10.1. The number of amides is 3. The van der Waals surface area contributed by atoms with Crippen molar-refractivity contribution < 1.29 is 14.3 Å². The molecule has 8 nitrogen and oxygen atoms in total. The Balaban J connectivity index is 1.44. The highest BCUT2D eigenvalue weighted by molar-refractivity contribution is 6.09. The highest BCUT2D eigenvalue weighted by Crippen LogP contribution is 2.37. The van der Waals surface area contributed by atoms with Crippen molar-refractivity contribution in [1.82, 2.24) is 14.7 Å². The van der Waals surface area contributed by atoms with Gasteiger partial charge in [0, 0.05) is 24.6 Å². The maximum Gasteiger partial charge on any atom is 0.328 e. The maximum atomic E-state index is 13.5. The van der Waals surface area contributed by atoms with E-state index in [-0.39, 0.29) is 18.5 Å². The van der Waals surface area contributed by atoms with E-state index in [2.05, 4.69) is 0 Å². The second kappa shape index (κ2) is 7.71. The number of hydrogen-bond donors (Lipinski definition) is 0. The number of allylic oxidation sites excluding steroid dienone is 1. The molecule has 3 aliphatic rings. The lowest BCUT2D eigenvalue weighted by Gasteiger charge is -2.40. The molecule has 3 aliphatic heterocycles. The molecule has 32 heavy (non-hydrogen) atoms. The van der Waals surface area contributed by atoms with Gasteiger partial charge in [0.05, 0.1) is 13.2 Å². The first-order valence-electron chi connectivity index (χ1n) is 10.7. The Bertz CT molecular complexity index is 1110. The van der Waals surface area contributed by atoms with Crippen LogP contribution in [0, 0.1) is 0 Å². The summed E-state index contributed by atoms with van der Waals surface area (Å²) in [5, 5.41) is 0. The number of fused-ring (bicyclic) bond motifs is 3. The molecule has 2 atom stereocenters. The Morgan fingerprint density at radius 2 is 1.75 bits per heavy atom. The Kier molecular flexibility index (Phi) is 4.84. The van der Waals surface area contributed by atoms with E-state index in [0.717, 1.165) is 22.7 Å². The van der Waals surface area contributed by atoms with Crippen molar-refractivity contribution in [2.75, 3.05) is 18.6 Å². The Hall–Kier alpha value is -3.81. The van der Waals surface area contributed by atoms with Crippen LogP contribution in [-0.4, -0.2) is 58.5 Å². The van der Waals surface area contributed by atoms with Crippen molar-refractivity contribution in [3.8, 4) is 5.75 Å². The van der Waals surface area contributed by atoms with Gasteiger partial charge < -0.3 is 14.5 Å². The van der Waals surface area contributed by atoms with Crippen LogP contribution >= 0.6 is 0 Å². The largest absolute Gasteiger partial charge is 0.494 e. The number of anilines is 1. The first-order chi connectivity index (χ1) is 15.5. The minimum absolute atomic E-state index is 0.237. The lowest BCUT2D eigenvalue weighted by molar-refractivity contribution is -0.137. The van der Waals surface area contributed by atoms with E-state index in [1.54, 1.807) is 11.9 Å². The number of benzene rings is 2. The summed E-state index contributed by atoms with van der Waals surface area (Å²) in [6.07, 6.45) is 1.37. The molecule has 8 heteroatoms. The van der Waals surface area contributed by atoms with Gasteiger partial charge in [0.25, 0.3) is 5.91 Å². The van der Waals surface area contributed by atoms with Gasteiger partial charge >= 0.3 is 6.03 Å². The van der Waals surface area contributed by atoms with Crippen molar-refractivity contribution in [3.05, 3.63) is 72.1 Å². The molecular formula is C24H25N5O3. The molecule has 3 heterocycles. The minimum Gasteiger partial charge on any atom is -0.494 e. The monoisotopic (exact) mass is 431 g/mol. The topological polar surface area (TPSA) is 68.7 Å². The minimum atomic E-state index is -0.584. The number of aliphatic imine (C=N–C) groups is 1. The van der Waals surface area contributed by atoms with Crippen LogP contribution in [0.1, 0.15) is 19.4 Å². The normalized spacial score (nSPS) is 22.1. The number of nitrogens with zero attached hydrogens (tertiary/aromatic N) is 5. The predicted molar refractivity (Wildman–Crippen MR) is 121 cm³/mol. The summed E-state index contributed by atoms with van der Waals surface area (Å²) in [5.41, 5.74) is 2.78. The first-order valence-corrected chi connectivity index (χ1v) is 10.7. The summed E-state index contributed by atoms with van der Waals surface area (Å²) in [7, 11) is 1.70. The Morgan fingerprint density at radius 1 is 1.03 bits per heavy atom. The summed E-state index contributed by atoms with van der Waals surface area (Å²) in [6.45, 7) is 4.77. The molecule has 0 N–H and O–H groups in total. The van der Waals surface area contributed by atoms with Crippen LogP contribution in [-0.2, 0) is 11.3 Å². The van der Waals surface area contributed by atoms with Gasteiger partial charge in [0.2, 0.25) is 5.96 Å². The second-order valence-corrected chi connectivity index (χ2v) is 8.03. The van der Waals surface area contributed by atoms with E-state index >= 15 is 0 Å². The summed E-state index contributed by atoms with van der Waals surface area (Å²) in [6, 6.07) is 16.4. The quantitative estimate of drug-likeness (QED) is 0.727. The van der Waals surface area contributed by atoms with Crippen LogP contribution in [0.4, 0.5) is 10.5 Å². The van der Waals surface area contributed by atoms with Crippen molar-refractivity contribution in [2.45, 2.75) is 32.6 Å². The van der Waals surface area contributed by atoms with Gasteiger partial charge in [-0.15, -0.1) is 0 Å². The molecule has 2 aromatic carbocycles. The van der Waals surface area contributed by atoms with Gasteiger partial charge in [-0.2, -0.15) is 0 Å². The number of hydrogen-bond acceptors (Lipinski definition) is 6. The average molecular weight is 431 g/mol. The van der Waals surface area contributed by atoms with Crippen LogP contribution in [0.5, 0.6) is 5.75 Å². The molecule has 5 rings (SSSR count). The van der Waals surface area contributed by atoms with E-state index in [0.29, 0.717) is 12.6 Å². The molecule has 0 aromatic heterocycles. The number of guanidine groups is 1. The van der Waals surface area contributed by atoms with E-state index < -0.39 is 12.2 Å². The molecule has 0 spiro atoms. The lowest BCUT2D eigenvalue weighted by Crippen LogP contribution is -2.63. The van der Waals surface area contributed by atoms with Crippen LogP contribution in [0.2, 0.25) is 0 Å². The third kappa shape index (κ3) is 3.10. The fraction of sp³-hybridized carbons (Fsp3) is 0.292. The summed E-state index contributed by atoms with van der Waals surface area (Å²) in [5.74, 6) is 1.21. The highest BCUT2D eigenvalue weighted by atomic mass is 16.5. The highest BCUT2D eigenvalue weighted by Gasteiger charge is 2.54. The number of carbonyl (C=O) groups excluding carboxylic acids is 2. The van der Waals surface area contributed by atoms with Crippen LogP contribution in [0.15, 0.2) is 71.5 Å². The van der Waals surface area contributed by atoms with E-state index in [1.807, 2.05) is 84.4 Å². The van der Waals surface area contributed by atoms with Crippen molar-refractivity contribution >= 4 is 23.6 Å². The molecule has 0 bridgehead atoms. The maximum absolute atomic E-state index is 13.5. The molecule has 0 radical (unpaired) electrons. The summed E-state index contributed by atoms with van der Waals surface area (Å²) in [4.78, 5) is 38.1. The van der Waals surface area contributed by atoms with Crippen molar-refractivity contribution in [1.29, 1.82) is 0 Å². The molecule has 3 amide bonds. The van der Waals surface area contributed by atoms with Crippen LogP contribution in [0.25, 0.3) is 0 Å². The van der Waals surface area contributed by atoms with Crippen LogP contribution in [0.3, 0.4) is 0 Å². The van der Waals surface area contributed by atoms with Gasteiger partial charge in [-0.1, -0.05) is 30.3 Å². The third-order valence-corrected chi connectivity index (χ3v) is 5.98. The summed E-state index contributed by atoms with van der Waals surface area (Å²) >= 11 is 0. The average Bonchev–Trinajstić information content (AvgIpc) is 3.31. The standard InChI is InChI=1S/C24H25N5O3/c1-4-32-19-12-10-18(11-13-19)29-16(2)14-27-20-21(25-23(27)29)26(3)24(31)28(22(20)30)15-17-8-6-5-7-9-17/h5-14,20-21H,4,15H2,1-3H3. The fourth-order valence-electron chi connectivity index (χ4n) is 4.44. The zero-order valence-electron chi connectivity index (χ0n) is 18.3. The molecule has 0 saturated carbocycles. The SMILES string of the molecule is CCOc1ccc(N2C(C)=CN3C2=NC2C3C(=O)N(Cc3ccccc3)C(=O)N2C)cc1. The molecule has 164 valence electrons. The zero-order valence-corrected chi connectivity index (χ0v) is 18.3. The summed E-state index contributed by atoms with van der Waals surface area (Å²) < 4.78 is 5.55. The molecule has 1 fully saturated rings. The molecule has 2 unspecified atom stereocenters. The van der Waals surface area contributed by atoms with Crippen LogP contribution < -0.4 is 9.64 Å². The zero-order chi connectivity index (χ0) is 22.4. The van der Waals surface area contributed by atoms with E-state index in [1.165, 1.54) is 4.90 Å². The van der Waals surface area contributed by atoms with Crippen molar-refractivity contribution in [2.24, 2.45) is 4.99 Å². The van der Waals surface area contributed by atoms with Gasteiger partial charge in [-0.3, -0.25) is 14.6 Å². The van der Waals surface area contributed by atoms with E-state index in [9.17, 15) is 9.59 Å². The van der Waals surface area contributed by atoms with Gasteiger partial charge in [-0.05, 0) is 43.7 Å². The predicted octanol–water partition coefficient (Wildman–Crippen LogP) is 3.23. The molecular weight excluding hydrogens is 406 g/mol. The number of imide groups is 1. The van der Waals surface area contributed by atoms with Gasteiger partial charge in [0.1, 0.15) is 5.75 Å². The smallest absolute Gasteiger partial charge is 0.328 e. The third-order valence-electron chi connectivity index (χ3n) is 5.98. The Labute approximate surface area is 187 Å². The van der Waals surface area contributed by atoms with Gasteiger partial charge in [0.15, 0.2) is 12.2 Å². The second-order valence-electron chi connectivity index (χ2n) is 8.03. The van der Waals surface area contributed by atoms with Gasteiger partial charge in [-0.25, -0.2) is 9.79 Å².